The SMILES string of the molecule is COc1cccc(-c2c3n(c(=O)n(CC(N)c4ccccc4)c2=O)C(c2c(F)cccc2S(C)(=O)=O)CS3)c1. The quantitative estimate of drug-likeness (QED) is 0.340. The summed E-state index contributed by atoms with van der Waals surface area (Å²) in [7, 11) is -2.32. The van der Waals surface area contributed by atoms with Gasteiger partial charge in [-0.3, -0.25) is 13.9 Å². The van der Waals surface area contributed by atoms with Gasteiger partial charge in [0.2, 0.25) is 0 Å². The minimum Gasteiger partial charge on any atom is -0.497 e. The first-order chi connectivity index (χ1) is 18.6. The van der Waals surface area contributed by atoms with Crippen molar-refractivity contribution < 1.29 is 17.5 Å². The highest BCUT2D eigenvalue weighted by molar-refractivity contribution is 7.99. The second-order valence-corrected chi connectivity index (χ2v) is 12.2. The van der Waals surface area contributed by atoms with Crippen LogP contribution >= 0.6 is 11.8 Å². The minimum absolute atomic E-state index is 0.109. The molecule has 0 radical (unpaired) electrons. The van der Waals surface area contributed by atoms with E-state index >= 15 is 4.39 Å². The molecule has 8 nitrogen and oxygen atoms in total. The van der Waals surface area contributed by atoms with Crippen molar-refractivity contribution in [3.8, 4) is 16.9 Å². The van der Waals surface area contributed by atoms with Gasteiger partial charge < -0.3 is 10.5 Å². The van der Waals surface area contributed by atoms with E-state index in [-0.39, 0.29) is 28.3 Å². The molecule has 0 saturated carbocycles. The van der Waals surface area contributed by atoms with Crippen LogP contribution in [0, 0.1) is 5.82 Å². The minimum atomic E-state index is -3.82. The number of halogens is 1. The molecule has 5 rings (SSSR count). The molecule has 202 valence electrons. The van der Waals surface area contributed by atoms with Gasteiger partial charge in [-0.15, -0.1) is 11.8 Å². The number of nitrogens with two attached hydrogens (primary N) is 1. The van der Waals surface area contributed by atoms with Gasteiger partial charge in [-0.2, -0.15) is 0 Å². The van der Waals surface area contributed by atoms with E-state index in [0.29, 0.717) is 16.3 Å². The Morgan fingerprint density at radius 2 is 1.79 bits per heavy atom. The van der Waals surface area contributed by atoms with Gasteiger partial charge in [0.1, 0.15) is 11.6 Å². The van der Waals surface area contributed by atoms with Crippen LogP contribution in [0.15, 0.2) is 92.3 Å². The molecule has 1 aromatic heterocycles. The van der Waals surface area contributed by atoms with Gasteiger partial charge in [0, 0.05) is 23.6 Å². The van der Waals surface area contributed by atoms with Crippen molar-refractivity contribution in [2.75, 3.05) is 19.1 Å². The number of hydrogen-bond donors (Lipinski definition) is 1. The van der Waals surface area contributed by atoms with E-state index in [0.717, 1.165) is 16.4 Å². The first-order valence-corrected chi connectivity index (χ1v) is 14.9. The summed E-state index contributed by atoms with van der Waals surface area (Å²) in [5.74, 6) is -0.0773. The Morgan fingerprint density at radius 1 is 1.08 bits per heavy atom. The lowest BCUT2D eigenvalue weighted by molar-refractivity contribution is 0.415. The van der Waals surface area contributed by atoms with Crippen LogP contribution in [0.4, 0.5) is 4.39 Å². The van der Waals surface area contributed by atoms with Crippen LogP contribution in [0.1, 0.15) is 23.2 Å². The summed E-state index contributed by atoms with van der Waals surface area (Å²) in [6, 6.07) is 18.1. The lowest BCUT2D eigenvalue weighted by atomic mass is 10.1. The summed E-state index contributed by atoms with van der Waals surface area (Å²) in [5.41, 5.74) is 6.56. The summed E-state index contributed by atoms with van der Waals surface area (Å²) in [6.45, 7) is -0.132. The number of fused-ring (bicyclic) bond motifs is 1. The smallest absolute Gasteiger partial charge is 0.332 e. The average Bonchev–Trinajstić information content (AvgIpc) is 3.35. The van der Waals surface area contributed by atoms with Crippen LogP contribution in [-0.4, -0.2) is 36.7 Å². The highest BCUT2D eigenvalue weighted by Crippen LogP contribution is 2.42. The van der Waals surface area contributed by atoms with E-state index < -0.39 is 39.0 Å². The highest BCUT2D eigenvalue weighted by Gasteiger charge is 2.36. The van der Waals surface area contributed by atoms with Crippen LogP contribution in [0.3, 0.4) is 0 Å². The Morgan fingerprint density at radius 3 is 2.49 bits per heavy atom. The Bertz CT molecular complexity index is 1790. The van der Waals surface area contributed by atoms with Gasteiger partial charge >= 0.3 is 5.69 Å². The molecular formula is C28H26FN3O5S2. The summed E-state index contributed by atoms with van der Waals surface area (Å²) in [4.78, 5) is 27.7. The van der Waals surface area contributed by atoms with Crippen molar-refractivity contribution in [1.29, 1.82) is 0 Å². The summed E-state index contributed by atoms with van der Waals surface area (Å²) >= 11 is 1.20. The van der Waals surface area contributed by atoms with Crippen LogP contribution in [0.25, 0.3) is 11.1 Å². The van der Waals surface area contributed by atoms with Crippen molar-refractivity contribution in [2.45, 2.75) is 28.5 Å². The average molecular weight is 568 g/mol. The molecule has 1 aliphatic rings. The molecule has 0 saturated heterocycles. The molecule has 0 amide bonds. The van der Waals surface area contributed by atoms with E-state index in [9.17, 15) is 18.0 Å². The molecule has 0 aliphatic carbocycles. The maximum absolute atomic E-state index is 15.3. The molecule has 3 aromatic carbocycles. The third-order valence-corrected chi connectivity index (χ3v) is 9.04. The standard InChI is InChI=1S/C28H26FN3O5S2/c1-37-19-11-6-10-18(14-19)24-26(33)31(15-21(30)17-8-4-3-5-9-17)28(34)32-22(16-38-27(24)32)25-20(29)12-7-13-23(25)39(2,35)36/h3-14,21-22H,15-16,30H2,1-2H3. The van der Waals surface area contributed by atoms with E-state index in [2.05, 4.69) is 0 Å². The molecule has 2 heterocycles. The van der Waals surface area contributed by atoms with Crippen molar-refractivity contribution in [2.24, 2.45) is 5.73 Å². The van der Waals surface area contributed by atoms with Gasteiger partial charge in [-0.05, 0) is 35.4 Å². The fourth-order valence-corrected chi connectivity index (χ4v) is 7.15. The maximum Gasteiger partial charge on any atom is 0.332 e. The number of nitrogens with zero attached hydrogens (tertiary/aromatic N) is 2. The number of benzene rings is 3. The van der Waals surface area contributed by atoms with Crippen LogP contribution in [0.5, 0.6) is 5.75 Å². The Kier molecular flexibility index (Phi) is 7.23. The number of methoxy groups -OCH3 is 1. The van der Waals surface area contributed by atoms with Gasteiger partial charge in [0.05, 0.1) is 35.2 Å². The number of ether oxygens (including phenoxy) is 1. The Labute approximate surface area is 228 Å². The van der Waals surface area contributed by atoms with Crippen molar-refractivity contribution >= 4 is 21.6 Å². The summed E-state index contributed by atoms with van der Waals surface area (Å²) < 4.78 is 48.2. The van der Waals surface area contributed by atoms with E-state index in [1.54, 1.807) is 36.4 Å². The largest absolute Gasteiger partial charge is 0.497 e. The maximum atomic E-state index is 15.3. The number of aromatic nitrogens is 2. The molecule has 11 heteroatoms. The third-order valence-electron chi connectivity index (χ3n) is 6.73. The molecule has 0 spiro atoms. The zero-order valence-corrected chi connectivity index (χ0v) is 22.8. The second kappa shape index (κ2) is 10.5. The van der Waals surface area contributed by atoms with Crippen molar-refractivity contribution in [3.05, 3.63) is 111 Å². The molecule has 2 atom stereocenters. The number of sulfone groups is 1. The van der Waals surface area contributed by atoms with E-state index in [1.165, 1.54) is 41.6 Å². The molecule has 2 N–H and O–H groups in total. The van der Waals surface area contributed by atoms with Gasteiger partial charge in [-0.25, -0.2) is 17.6 Å². The highest BCUT2D eigenvalue weighted by atomic mass is 32.2. The fourth-order valence-electron chi connectivity index (χ4n) is 4.86. The molecule has 4 aromatic rings. The number of rotatable bonds is 7. The molecule has 2 unspecified atom stereocenters. The van der Waals surface area contributed by atoms with Crippen LogP contribution in [0.2, 0.25) is 0 Å². The molecule has 39 heavy (non-hydrogen) atoms. The Balaban J connectivity index is 1.79. The molecular weight excluding hydrogens is 541 g/mol. The van der Waals surface area contributed by atoms with Gasteiger partial charge in [-0.1, -0.05) is 48.5 Å². The van der Waals surface area contributed by atoms with Crippen molar-refractivity contribution in [3.63, 3.8) is 0 Å². The first kappa shape index (κ1) is 26.9. The van der Waals surface area contributed by atoms with Gasteiger partial charge in [0.15, 0.2) is 9.84 Å². The first-order valence-electron chi connectivity index (χ1n) is 12.1. The topological polar surface area (TPSA) is 113 Å². The number of hydrogen-bond acceptors (Lipinski definition) is 7. The monoisotopic (exact) mass is 567 g/mol. The van der Waals surface area contributed by atoms with Crippen LogP contribution < -0.4 is 21.7 Å². The third kappa shape index (κ3) is 4.93. The molecule has 0 fully saturated rings. The zero-order valence-electron chi connectivity index (χ0n) is 21.2. The lowest BCUT2D eigenvalue weighted by Crippen LogP contribution is -2.44. The molecule has 1 aliphatic heterocycles. The lowest BCUT2D eigenvalue weighted by Gasteiger charge is -2.21. The van der Waals surface area contributed by atoms with E-state index in [1.807, 2.05) is 18.2 Å². The molecule has 0 bridgehead atoms. The van der Waals surface area contributed by atoms with Gasteiger partial charge in [0.25, 0.3) is 5.56 Å². The fraction of sp³-hybridized carbons (Fsp3) is 0.214. The van der Waals surface area contributed by atoms with E-state index in [4.69, 9.17) is 10.5 Å². The second-order valence-electron chi connectivity index (χ2n) is 9.25. The Hall–Kier alpha value is -3.67. The normalized spacial score (nSPS) is 15.6. The van der Waals surface area contributed by atoms with Crippen molar-refractivity contribution in [1.82, 2.24) is 9.13 Å². The zero-order chi connectivity index (χ0) is 27.9. The number of thioether (sulfide) groups is 1. The summed E-state index contributed by atoms with van der Waals surface area (Å²) in [5, 5.41) is 0.329. The predicted octanol–water partition coefficient (Wildman–Crippen LogP) is 3.62. The summed E-state index contributed by atoms with van der Waals surface area (Å²) in [6.07, 6.45) is 0.999. The predicted molar refractivity (Wildman–Crippen MR) is 149 cm³/mol. The van der Waals surface area contributed by atoms with Crippen LogP contribution in [-0.2, 0) is 16.4 Å².